The second kappa shape index (κ2) is 16.0. The highest BCUT2D eigenvalue weighted by molar-refractivity contribution is 6.25. The minimum atomic E-state index is 0.925. The maximum Gasteiger partial charge on any atom is 0.0731 e. The lowest BCUT2D eigenvalue weighted by atomic mass is 9.87. The molecule has 0 N–H and O–H groups in total. The highest BCUT2D eigenvalue weighted by Crippen LogP contribution is 2.39. The van der Waals surface area contributed by atoms with Gasteiger partial charge in [-0.3, -0.25) is 4.98 Å². The fourth-order valence-corrected chi connectivity index (χ4v) is 7.20. The van der Waals surface area contributed by atoms with Gasteiger partial charge in [-0.2, -0.15) is 0 Å². The molecule has 0 spiro atoms. The first-order valence-corrected chi connectivity index (χ1v) is 18.7. The number of hydrogen-bond acceptors (Lipinski definition) is 2. The molecular weight excluding hydrogens is 629 g/mol. The second-order valence-corrected chi connectivity index (χ2v) is 13.4. The fraction of sp³-hybridized carbons (Fsp3) is 0.160. The molecule has 0 radical (unpaired) electrons. The number of nitrogens with zero attached hydrogens (tertiary/aromatic N) is 2. The van der Waals surface area contributed by atoms with Crippen molar-refractivity contribution in [3.05, 3.63) is 175 Å². The molecular formula is C50H46N2. The summed E-state index contributed by atoms with van der Waals surface area (Å²) in [6, 6.07) is 42.1. The fourth-order valence-electron chi connectivity index (χ4n) is 7.20. The van der Waals surface area contributed by atoms with Gasteiger partial charge in [-0.05, 0) is 134 Å². The number of allylic oxidation sites excluding steroid dienone is 8. The van der Waals surface area contributed by atoms with Crippen LogP contribution in [0, 0.1) is 0 Å². The Bertz CT molecular complexity index is 2460. The summed E-state index contributed by atoms with van der Waals surface area (Å²) in [5.74, 6) is 0. The van der Waals surface area contributed by atoms with Crippen LogP contribution >= 0.6 is 0 Å². The van der Waals surface area contributed by atoms with E-state index in [1.165, 1.54) is 66.6 Å². The van der Waals surface area contributed by atoms with Crippen LogP contribution in [-0.4, -0.2) is 9.97 Å². The Morgan fingerprint density at radius 3 is 1.98 bits per heavy atom. The lowest BCUT2D eigenvalue weighted by Gasteiger charge is -2.17. The van der Waals surface area contributed by atoms with Crippen molar-refractivity contribution in [2.75, 3.05) is 0 Å². The van der Waals surface area contributed by atoms with Crippen molar-refractivity contribution in [1.29, 1.82) is 0 Å². The number of benzene rings is 5. The summed E-state index contributed by atoms with van der Waals surface area (Å²) in [7, 11) is 0. The van der Waals surface area contributed by atoms with E-state index in [0.717, 1.165) is 47.4 Å². The summed E-state index contributed by atoms with van der Waals surface area (Å²) in [4.78, 5) is 9.47. The number of hydrogen-bond donors (Lipinski definition) is 0. The Hall–Kier alpha value is -5.86. The molecule has 0 fully saturated rings. The second-order valence-electron chi connectivity index (χ2n) is 13.4. The van der Waals surface area contributed by atoms with Gasteiger partial charge in [0, 0.05) is 18.0 Å². The average Bonchev–Trinajstić information content (AvgIpc) is 3.21. The lowest BCUT2D eigenvalue weighted by molar-refractivity contribution is 1.06. The number of aromatic nitrogens is 2. The van der Waals surface area contributed by atoms with Gasteiger partial charge in [0.05, 0.1) is 11.4 Å². The summed E-state index contributed by atoms with van der Waals surface area (Å²) in [6.45, 7) is 8.49. The van der Waals surface area contributed by atoms with Gasteiger partial charge in [-0.1, -0.05) is 136 Å². The van der Waals surface area contributed by atoms with E-state index in [1.54, 1.807) is 0 Å². The molecule has 1 aliphatic carbocycles. The molecule has 0 bridgehead atoms. The van der Waals surface area contributed by atoms with Crippen LogP contribution in [0.3, 0.4) is 0 Å². The molecule has 0 unspecified atom stereocenters. The lowest BCUT2D eigenvalue weighted by Crippen LogP contribution is -1.96. The van der Waals surface area contributed by atoms with Crippen molar-refractivity contribution >= 4 is 49.0 Å². The van der Waals surface area contributed by atoms with E-state index in [0.29, 0.717) is 0 Å². The van der Waals surface area contributed by atoms with Gasteiger partial charge < -0.3 is 0 Å². The quantitative estimate of drug-likeness (QED) is 0.124. The Kier molecular flexibility index (Phi) is 10.6. The number of fused-ring (bicyclic) bond motifs is 6. The van der Waals surface area contributed by atoms with Crippen molar-refractivity contribution in [1.82, 2.24) is 9.97 Å². The third-order valence-corrected chi connectivity index (χ3v) is 9.67. The molecule has 8 rings (SSSR count). The Balaban J connectivity index is 0.00000136. The maximum absolute atomic E-state index is 5.09. The smallest absolute Gasteiger partial charge is 0.0731 e. The molecule has 1 aliphatic rings. The predicted octanol–water partition coefficient (Wildman–Crippen LogP) is 14.3. The highest BCUT2D eigenvalue weighted by Gasteiger charge is 2.15. The molecule has 0 aliphatic heterocycles. The van der Waals surface area contributed by atoms with Gasteiger partial charge in [-0.25, -0.2) is 4.98 Å². The first-order chi connectivity index (χ1) is 25.6. The zero-order valence-electron chi connectivity index (χ0n) is 30.7. The van der Waals surface area contributed by atoms with Gasteiger partial charge in [0.15, 0.2) is 0 Å². The van der Waals surface area contributed by atoms with Gasteiger partial charge in [0.2, 0.25) is 0 Å². The van der Waals surface area contributed by atoms with E-state index in [1.807, 2.05) is 18.5 Å². The van der Waals surface area contributed by atoms with Crippen LogP contribution in [0.15, 0.2) is 158 Å². The van der Waals surface area contributed by atoms with E-state index < -0.39 is 0 Å². The molecule has 2 nitrogen and oxygen atoms in total. The predicted molar refractivity (Wildman–Crippen MR) is 226 cm³/mol. The molecule has 52 heavy (non-hydrogen) atoms. The van der Waals surface area contributed by atoms with Crippen molar-refractivity contribution < 1.29 is 0 Å². The molecule has 2 heteroatoms. The maximum atomic E-state index is 5.09. The Labute approximate surface area is 308 Å². The van der Waals surface area contributed by atoms with E-state index in [9.17, 15) is 0 Å². The molecule has 2 heterocycles. The number of pyridine rings is 2. The molecule has 2 aromatic heterocycles. The summed E-state index contributed by atoms with van der Waals surface area (Å²) in [6.07, 6.45) is 19.3. The van der Waals surface area contributed by atoms with Crippen molar-refractivity contribution in [2.24, 2.45) is 0 Å². The normalized spacial score (nSPS) is 13.3. The van der Waals surface area contributed by atoms with Crippen LogP contribution in [-0.2, 0) is 0 Å². The largest absolute Gasteiger partial charge is 0.264 e. The third kappa shape index (κ3) is 7.16. The SMILES string of the molecule is C/C=C(\C=C/CC)c1cc(-c2cccc(C3=CC(c4ccc5c6ccccc6c6ccccc6c5c4)=CCC3)c2)cc(-c2cccnc2)n1.CCC. The monoisotopic (exact) mass is 674 g/mol. The standard InChI is InChI=1S/C47H38N2.C3H8/c1-3-5-13-32(4-2)46-29-39(30-47(49-46)38-18-12-25-48-31-38)36-17-11-15-34(27-36)33-14-10-16-35(26-33)37-23-24-44-42-21-7-6-19-40(42)41-20-8-9-22-43(41)45(44)28-37;1-3-2/h4-9,11-13,15-31H,3,10,14H2,1-2H3;3H2,1-2H3/b13-5-,32-4+;. The van der Waals surface area contributed by atoms with Crippen LogP contribution in [0.5, 0.6) is 0 Å². The molecule has 7 aromatic rings. The minimum absolute atomic E-state index is 0.925. The highest BCUT2D eigenvalue weighted by atomic mass is 14.7. The first kappa shape index (κ1) is 34.6. The topological polar surface area (TPSA) is 25.8 Å². The van der Waals surface area contributed by atoms with Gasteiger partial charge in [0.25, 0.3) is 0 Å². The van der Waals surface area contributed by atoms with Crippen LogP contribution in [0.1, 0.15) is 70.2 Å². The summed E-state index contributed by atoms with van der Waals surface area (Å²) >= 11 is 0. The summed E-state index contributed by atoms with van der Waals surface area (Å²) in [5.41, 5.74) is 11.5. The van der Waals surface area contributed by atoms with Gasteiger partial charge >= 0.3 is 0 Å². The average molecular weight is 675 g/mol. The van der Waals surface area contributed by atoms with E-state index >= 15 is 0 Å². The van der Waals surface area contributed by atoms with E-state index in [2.05, 4.69) is 172 Å². The zero-order chi connectivity index (χ0) is 35.9. The van der Waals surface area contributed by atoms with Crippen molar-refractivity contribution in [3.63, 3.8) is 0 Å². The molecule has 0 atom stereocenters. The summed E-state index contributed by atoms with van der Waals surface area (Å²) in [5, 5.41) is 7.84. The molecule has 256 valence electrons. The molecule has 5 aromatic carbocycles. The first-order valence-electron chi connectivity index (χ1n) is 18.7. The van der Waals surface area contributed by atoms with Crippen LogP contribution in [0.25, 0.3) is 71.4 Å². The molecule has 0 saturated heterocycles. The third-order valence-electron chi connectivity index (χ3n) is 9.67. The van der Waals surface area contributed by atoms with Gasteiger partial charge in [-0.15, -0.1) is 0 Å². The van der Waals surface area contributed by atoms with Gasteiger partial charge in [0.1, 0.15) is 0 Å². The van der Waals surface area contributed by atoms with Crippen molar-refractivity contribution in [2.45, 2.75) is 53.4 Å². The number of rotatable bonds is 7. The molecule has 0 amide bonds. The van der Waals surface area contributed by atoms with Crippen molar-refractivity contribution in [3.8, 4) is 22.4 Å². The van der Waals surface area contributed by atoms with Crippen LogP contribution < -0.4 is 0 Å². The molecule has 0 saturated carbocycles. The summed E-state index contributed by atoms with van der Waals surface area (Å²) < 4.78 is 0. The van der Waals surface area contributed by atoms with E-state index in [-0.39, 0.29) is 0 Å². The Morgan fingerprint density at radius 1 is 0.635 bits per heavy atom. The minimum Gasteiger partial charge on any atom is -0.264 e. The zero-order valence-corrected chi connectivity index (χ0v) is 30.7. The van der Waals surface area contributed by atoms with Crippen LogP contribution in [0.4, 0.5) is 0 Å². The van der Waals surface area contributed by atoms with E-state index in [4.69, 9.17) is 4.98 Å². The van der Waals surface area contributed by atoms with Crippen LogP contribution in [0.2, 0.25) is 0 Å². The Morgan fingerprint density at radius 2 is 1.31 bits per heavy atom.